The minimum Gasteiger partial charge on any atom is -0.423 e. The van der Waals surface area contributed by atoms with Crippen LogP contribution < -0.4 is 15.5 Å². The van der Waals surface area contributed by atoms with E-state index in [9.17, 15) is 14.4 Å². The summed E-state index contributed by atoms with van der Waals surface area (Å²) in [6.45, 7) is 1.90. The van der Waals surface area contributed by atoms with E-state index in [1.54, 1.807) is 72.8 Å². The van der Waals surface area contributed by atoms with Crippen molar-refractivity contribution in [2.24, 2.45) is 5.10 Å². The fourth-order valence-corrected chi connectivity index (χ4v) is 2.49. The van der Waals surface area contributed by atoms with Gasteiger partial charge in [-0.15, -0.1) is 0 Å². The number of hydrazone groups is 1. The Kier molecular flexibility index (Phi) is 6.68. The zero-order valence-corrected chi connectivity index (χ0v) is 16.2. The number of amides is 2. The molecule has 2 N–H and O–H groups in total. The largest absolute Gasteiger partial charge is 0.423 e. The third-order valence-electron chi connectivity index (χ3n) is 3.96. The van der Waals surface area contributed by atoms with E-state index in [-0.39, 0.29) is 0 Å². The van der Waals surface area contributed by atoms with Gasteiger partial charge in [0.25, 0.3) is 0 Å². The number of carbonyl (C=O) groups excluding carboxylic acids is 3. The summed E-state index contributed by atoms with van der Waals surface area (Å²) in [6.07, 6.45) is 1.37. The van der Waals surface area contributed by atoms with Gasteiger partial charge in [0, 0.05) is 5.69 Å². The summed E-state index contributed by atoms with van der Waals surface area (Å²) < 4.78 is 5.34. The number of nitrogens with zero attached hydrogens (tertiary/aromatic N) is 1. The fourth-order valence-electron chi connectivity index (χ4n) is 2.49. The molecule has 0 saturated heterocycles. The van der Waals surface area contributed by atoms with E-state index in [2.05, 4.69) is 15.8 Å². The smallest absolute Gasteiger partial charge is 0.343 e. The first-order valence-corrected chi connectivity index (χ1v) is 9.09. The van der Waals surface area contributed by atoms with Crippen molar-refractivity contribution in [3.8, 4) is 5.75 Å². The molecule has 0 aliphatic rings. The Bertz CT molecular complexity index is 1080. The molecular formula is C23H19N3O4. The summed E-state index contributed by atoms with van der Waals surface area (Å²) in [5, 5.41) is 6.22. The molecule has 0 aliphatic heterocycles. The van der Waals surface area contributed by atoms with Gasteiger partial charge < -0.3 is 10.1 Å². The van der Waals surface area contributed by atoms with Crippen LogP contribution in [0.5, 0.6) is 5.75 Å². The molecule has 0 aromatic heterocycles. The lowest BCUT2D eigenvalue weighted by molar-refractivity contribution is -0.136. The minimum atomic E-state index is -0.890. The maximum Gasteiger partial charge on any atom is 0.343 e. The third kappa shape index (κ3) is 5.87. The normalized spacial score (nSPS) is 10.4. The summed E-state index contributed by atoms with van der Waals surface area (Å²) in [6, 6.07) is 22.3. The van der Waals surface area contributed by atoms with Crippen LogP contribution in [-0.4, -0.2) is 24.0 Å². The van der Waals surface area contributed by atoms with Crippen LogP contribution >= 0.6 is 0 Å². The number of hydrogen-bond donors (Lipinski definition) is 2. The second-order valence-electron chi connectivity index (χ2n) is 6.35. The van der Waals surface area contributed by atoms with E-state index in [0.29, 0.717) is 22.6 Å². The van der Waals surface area contributed by atoms with Crippen LogP contribution in [-0.2, 0) is 9.59 Å². The number of anilines is 1. The molecule has 0 fully saturated rings. The molecule has 150 valence electrons. The maximum atomic E-state index is 12.2. The van der Waals surface area contributed by atoms with E-state index >= 15 is 0 Å². The van der Waals surface area contributed by atoms with E-state index in [4.69, 9.17) is 4.74 Å². The SMILES string of the molecule is Cc1cccc(C(=O)Oc2ccc(/C=N\NC(=O)C(=O)Nc3ccccc3)cc2)c1. The van der Waals surface area contributed by atoms with Gasteiger partial charge in [0.1, 0.15) is 5.75 Å². The molecular weight excluding hydrogens is 382 g/mol. The van der Waals surface area contributed by atoms with Gasteiger partial charge in [0.05, 0.1) is 11.8 Å². The van der Waals surface area contributed by atoms with Crippen molar-refractivity contribution < 1.29 is 19.1 Å². The summed E-state index contributed by atoms with van der Waals surface area (Å²) in [5.74, 6) is -1.78. The molecule has 0 heterocycles. The van der Waals surface area contributed by atoms with Crippen molar-refractivity contribution >= 4 is 29.7 Å². The standard InChI is InChI=1S/C23H19N3O4/c1-16-6-5-7-18(14-16)23(29)30-20-12-10-17(11-13-20)15-24-26-22(28)21(27)25-19-8-3-2-4-9-19/h2-15H,1H3,(H,25,27)(H,26,28)/b24-15-. The highest BCUT2D eigenvalue weighted by molar-refractivity contribution is 6.39. The highest BCUT2D eigenvalue weighted by atomic mass is 16.5. The van der Waals surface area contributed by atoms with Gasteiger partial charge in [-0.25, -0.2) is 10.2 Å². The van der Waals surface area contributed by atoms with Crippen molar-refractivity contribution in [1.29, 1.82) is 0 Å². The van der Waals surface area contributed by atoms with Gasteiger partial charge >= 0.3 is 17.8 Å². The van der Waals surface area contributed by atoms with E-state index in [1.165, 1.54) is 6.21 Å². The molecule has 0 spiro atoms. The Balaban J connectivity index is 1.51. The Morgan fingerprint density at radius 2 is 1.60 bits per heavy atom. The Labute approximate surface area is 173 Å². The van der Waals surface area contributed by atoms with Crippen LogP contribution in [0, 0.1) is 6.92 Å². The number of nitrogens with one attached hydrogen (secondary N) is 2. The Hall–Kier alpha value is -4.26. The van der Waals surface area contributed by atoms with Crippen molar-refractivity contribution in [2.45, 2.75) is 6.92 Å². The molecule has 0 saturated carbocycles. The van der Waals surface area contributed by atoms with Crippen molar-refractivity contribution in [3.05, 3.63) is 95.6 Å². The van der Waals surface area contributed by atoms with Gasteiger partial charge in [-0.3, -0.25) is 9.59 Å². The molecule has 30 heavy (non-hydrogen) atoms. The lowest BCUT2D eigenvalue weighted by atomic mass is 10.1. The topological polar surface area (TPSA) is 96.9 Å². The molecule has 0 atom stereocenters. The maximum absolute atomic E-state index is 12.2. The number of ether oxygens (including phenoxy) is 1. The molecule has 3 aromatic rings. The molecule has 3 aromatic carbocycles. The first kappa shape index (κ1) is 20.5. The van der Waals surface area contributed by atoms with E-state index in [0.717, 1.165) is 5.56 Å². The van der Waals surface area contributed by atoms with Crippen LogP contribution in [0.15, 0.2) is 84.0 Å². The van der Waals surface area contributed by atoms with Crippen LogP contribution in [0.4, 0.5) is 5.69 Å². The van der Waals surface area contributed by atoms with Crippen molar-refractivity contribution in [1.82, 2.24) is 5.43 Å². The van der Waals surface area contributed by atoms with Gasteiger partial charge in [-0.1, -0.05) is 35.9 Å². The van der Waals surface area contributed by atoms with Crippen molar-refractivity contribution in [2.75, 3.05) is 5.32 Å². The summed E-state index contributed by atoms with van der Waals surface area (Å²) in [5.41, 5.74) is 4.75. The second-order valence-corrected chi connectivity index (χ2v) is 6.35. The monoisotopic (exact) mass is 401 g/mol. The summed E-state index contributed by atoms with van der Waals surface area (Å²) >= 11 is 0. The van der Waals surface area contributed by atoms with Crippen LogP contribution in [0.25, 0.3) is 0 Å². The molecule has 0 bridgehead atoms. The quantitative estimate of drug-likeness (QED) is 0.225. The average molecular weight is 401 g/mol. The molecule has 7 heteroatoms. The first-order valence-electron chi connectivity index (χ1n) is 9.09. The fraction of sp³-hybridized carbons (Fsp3) is 0.0435. The van der Waals surface area contributed by atoms with Crippen LogP contribution in [0.2, 0.25) is 0 Å². The number of rotatable bonds is 5. The molecule has 3 rings (SSSR count). The third-order valence-corrected chi connectivity index (χ3v) is 3.96. The number of carbonyl (C=O) groups is 3. The lowest BCUT2D eigenvalue weighted by Gasteiger charge is -2.05. The molecule has 0 aliphatic carbocycles. The van der Waals surface area contributed by atoms with Gasteiger partial charge in [-0.2, -0.15) is 5.10 Å². The summed E-state index contributed by atoms with van der Waals surface area (Å²) in [4.78, 5) is 35.7. The average Bonchev–Trinajstić information content (AvgIpc) is 2.75. The van der Waals surface area contributed by atoms with E-state index < -0.39 is 17.8 Å². The minimum absolute atomic E-state index is 0.380. The number of esters is 1. The summed E-state index contributed by atoms with van der Waals surface area (Å²) in [7, 11) is 0. The van der Waals surface area contributed by atoms with Gasteiger partial charge in [0.15, 0.2) is 0 Å². The zero-order valence-electron chi connectivity index (χ0n) is 16.2. The second kappa shape index (κ2) is 9.79. The number of aryl methyl sites for hydroxylation is 1. The van der Waals surface area contributed by atoms with Crippen LogP contribution in [0.3, 0.4) is 0 Å². The molecule has 0 unspecified atom stereocenters. The predicted octanol–water partition coefficient (Wildman–Crippen LogP) is 3.30. The Morgan fingerprint density at radius 3 is 2.30 bits per heavy atom. The van der Waals surface area contributed by atoms with Crippen LogP contribution in [0.1, 0.15) is 21.5 Å². The number of benzene rings is 3. The number of para-hydroxylation sites is 1. The highest BCUT2D eigenvalue weighted by Gasteiger charge is 2.12. The van der Waals surface area contributed by atoms with E-state index in [1.807, 2.05) is 13.0 Å². The lowest BCUT2D eigenvalue weighted by Crippen LogP contribution is -2.32. The molecule has 2 amide bonds. The molecule has 7 nitrogen and oxygen atoms in total. The Morgan fingerprint density at radius 1 is 0.867 bits per heavy atom. The van der Waals surface area contributed by atoms with Gasteiger partial charge in [0.2, 0.25) is 0 Å². The zero-order chi connectivity index (χ0) is 21.3. The predicted molar refractivity (Wildman–Crippen MR) is 113 cm³/mol. The molecule has 0 radical (unpaired) electrons. The van der Waals surface area contributed by atoms with Crippen molar-refractivity contribution in [3.63, 3.8) is 0 Å². The highest BCUT2D eigenvalue weighted by Crippen LogP contribution is 2.14. The first-order chi connectivity index (χ1) is 14.5. The number of hydrogen-bond acceptors (Lipinski definition) is 5. The van der Waals surface area contributed by atoms with Gasteiger partial charge in [-0.05, 0) is 61.0 Å².